The van der Waals surface area contributed by atoms with Crippen LogP contribution in [0.1, 0.15) is 11.1 Å². The molecular weight excluding hydrogens is 409 g/mol. The highest BCUT2D eigenvalue weighted by molar-refractivity contribution is 7.90. The molecular formula is C18H13F3N4O3S. The molecule has 2 aromatic rings. The van der Waals surface area contributed by atoms with Crippen LogP contribution in [0.2, 0.25) is 0 Å². The second-order valence-corrected chi connectivity index (χ2v) is 7.93. The molecule has 11 heteroatoms. The van der Waals surface area contributed by atoms with Gasteiger partial charge < -0.3 is 4.74 Å². The van der Waals surface area contributed by atoms with Crippen LogP contribution in [0, 0.1) is 0 Å². The van der Waals surface area contributed by atoms with Gasteiger partial charge in [-0.2, -0.15) is 18.3 Å². The van der Waals surface area contributed by atoms with E-state index in [1.54, 1.807) is 36.6 Å². The Morgan fingerprint density at radius 2 is 1.86 bits per heavy atom. The smallest absolute Gasteiger partial charge is 0.416 e. The Labute approximate surface area is 163 Å². The second-order valence-electron chi connectivity index (χ2n) is 6.18. The van der Waals surface area contributed by atoms with E-state index in [0.717, 1.165) is 18.3 Å². The zero-order valence-electron chi connectivity index (χ0n) is 14.7. The standard InChI is InChI=1S/C18H13F3N4O3S/c19-18(20,21)13-5-7-22-16(11-13)28-14-3-1-12(2-4-14)15-6-8-23-25-9-10-29(26,27)24-17(15)25/h1-8,11H,9-10H2. The van der Waals surface area contributed by atoms with Gasteiger partial charge in [-0.25, -0.2) is 18.4 Å². The summed E-state index contributed by atoms with van der Waals surface area (Å²) in [5.41, 5.74) is 0.357. The number of halogens is 3. The van der Waals surface area contributed by atoms with Gasteiger partial charge in [0.15, 0.2) is 5.84 Å². The number of hydrazone groups is 1. The summed E-state index contributed by atoms with van der Waals surface area (Å²) < 4.78 is 71.3. The summed E-state index contributed by atoms with van der Waals surface area (Å²) in [7, 11) is -3.55. The number of benzene rings is 1. The van der Waals surface area contributed by atoms with Gasteiger partial charge in [-0.3, -0.25) is 0 Å². The highest BCUT2D eigenvalue weighted by Gasteiger charge is 2.31. The Balaban J connectivity index is 1.58. The van der Waals surface area contributed by atoms with Crippen molar-refractivity contribution in [2.75, 3.05) is 12.3 Å². The van der Waals surface area contributed by atoms with Crippen LogP contribution in [0.4, 0.5) is 13.2 Å². The van der Waals surface area contributed by atoms with Gasteiger partial charge in [0.1, 0.15) is 5.75 Å². The van der Waals surface area contributed by atoms with Crippen molar-refractivity contribution in [3.63, 3.8) is 0 Å². The number of hydrogen-bond acceptors (Lipinski definition) is 6. The predicted octanol–water partition coefficient (Wildman–Crippen LogP) is 3.32. The molecule has 0 bridgehead atoms. The average molecular weight is 422 g/mol. The SMILES string of the molecule is O=S1(=O)CCN2N=CC=C(c3ccc(Oc4cc(C(F)(F)F)ccn4)cc3)C2=N1. The Morgan fingerprint density at radius 3 is 2.59 bits per heavy atom. The van der Waals surface area contributed by atoms with Crippen LogP contribution < -0.4 is 4.74 Å². The van der Waals surface area contributed by atoms with Crippen LogP contribution in [0.15, 0.2) is 58.2 Å². The number of amidine groups is 1. The maximum absolute atomic E-state index is 12.8. The molecule has 0 saturated heterocycles. The maximum atomic E-state index is 12.8. The van der Waals surface area contributed by atoms with E-state index in [0.29, 0.717) is 11.1 Å². The molecule has 0 atom stereocenters. The molecule has 1 aromatic heterocycles. The summed E-state index contributed by atoms with van der Waals surface area (Å²) >= 11 is 0. The number of aromatic nitrogens is 1. The minimum Gasteiger partial charge on any atom is -0.439 e. The first kappa shape index (κ1) is 19.1. The molecule has 0 aliphatic carbocycles. The van der Waals surface area contributed by atoms with Gasteiger partial charge in [0.25, 0.3) is 10.0 Å². The van der Waals surface area contributed by atoms with Gasteiger partial charge >= 0.3 is 6.18 Å². The number of fused-ring (bicyclic) bond motifs is 1. The Hall–Kier alpha value is -3.21. The molecule has 2 aliphatic rings. The van der Waals surface area contributed by atoms with Crippen LogP contribution in [0.25, 0.3) is 5.57 Å². The molecule has 0 amide bonds. The topological polar surface area (TPSA) is 84.2 Å². The van der Waals surface area contributed by atoms with Crippen LogP contribution in [-0.4, -0.2) is 42.8 Å². The lowest BCUT2D eigenvalue weighted by Crippen LogP contribution is -2.38. The van der Waals surface area contributed by atoms with Gasteiger partial charge in [-0.05, 0) is 29.8 Å². The summed E-state index contributed by atoms with van der Waals surface area (Å²) in [5.74, 6) is 0.205. The average Bonchev–Trinajstić information content (AvgIpc) is 2.67. The van der Waals surface area contributed by atoms with E-state index < -0.39 is 21.8 Å². The monoisotopic (exact) mass is 422 g/mol. The van der Waals surface area contributed by atoms with Crippen molar-refractivity contribution in [2.24, 2.45) is 9.50 Å². The Kier molecular flexibility index (Phi) is 4.61. The van der Waals surface area contributed by atoms with Crippen molar-refractivity contribution in [3.8, 4) is 11.6 Å². The van der Waals surface area contributed by atoms with Crippen LogP contribution >= 0.6 is 0 Å². The fourth-order valence-electron chi connectivity index (χ4n) is 2.79. The van der Waals surface area contributed by atoms with Crippen LogP contribution in [0.5, 0.6) is 11.6 Å². The molecule has 29 heavy (non-hydrogen) atoms. The molecule has 7 nitrogen and oxygen atoms in total. The third-order valence-corrected chi connectivity index (χ3v) is 5.32. The van der Waals surface area contributed by atoms with E-state index in [9.17, 15) is 21.6 Å². The molecule has 1 aromatic carbocycles. The van der Waals surface area contributed by atoms with Gasteiger partial charge in [-0.15, -0.1) is 4.40 Å². The first-order valence-corrected chi connectivity index (χ1v) is 9.99. The molecule has 3 heterocycles. The van der Waals surface area contributed by atoms with Crippen molar-refractivity contribution in [3.05, 3.63) is 59.8 Å². The zero-order valence-corrected chi connectivity index (χ0v) is 15.5. The molecule has 0 saturated carbocycles. The lowest BCUT2D eigenvalue weighted by molar-refractivity contribution is -0.137. The van der Waals surface area contributed by atoms with Gasteiger partial charge in [-0.1, -0.05) is 12.1 Å². The number of sulfonamides is 1. The first-order chi connectivity index (χ1) is 13.7. The Bertz CT molecular complexity index is 1140. The summed E-state index contributed by atoms with van der Waals surface area (Å²) in [6, 6.07) is 8.06. The summed E-state index contributed by atoms with van der Waals surface area (Å²) in [4.78, 5) is 3.79. The fourth-order valence-corrected chi connectivity index (χ4v) is 3.74. The highest BCUT2D eigenvalue weighted by atomic mass is 32.2. The molecule has 2 aliphatic heterocycles. The van der Waals surface area contributed by atoms with Gasteiger partial charge in [0.05, 0.1) is 17.9 Å². The number of alkyl halides is 3. The fraction of sp³-hybridized carbons (Fsp3) is 0.167. The molecule has 0 unspecified atom stereocenters. The van der Waals surface area contributed by atoms with E-state index in [1.807, 2.05) is 0 Å². The molecule has 150 valence electrons. The number of pyridine rings is 1. The van der Waals surface area contributed by atoms with E-state index in [1.165, 1.54) is 5.01 Å². The van der Waals surface area contributed by atoms with E-state index in [4.69, 9.17) is 4.74 Å². The van der Waals surface area contributed by atoms with Crippen molar-refractivity contribution >= 4 is 27.6 Å². The van der Waals surface area contributed by atoms with E-state index in [-0.39, 0.29) is 29.8 Å². The molecule has 0 N–H and O–H groups in total. The van der Waals surface area contributed by atoms with Crippen molar-refractivity contribution < 1.29 is 26.3 Å². The summed E-state index contributed by atoms with van der Waals surface area (Å²) in [6.07, 6.45) is -0.286. The van der Waals surface area contributed by atoms with Crippen molar-refractivity contribution in [2.45, 2.75) is 6.18 Å². The lowest BCUT2D eigenvalue weighted by Gasteiger charge is -2.27. The summed E-state index contributed by atoms with van der Waals surface area (Å²) in [6.45, 7) is 0.206. The third-order valence-electron chi connectivity index (χ3n) is 4.17. The van der Waals surface area contributed by atoms with Crippen molar-refractivity contribution in [1.82, 2.24) is 9.99 Å². The second kappa shape index (κ2) is 6.99. The van der Waals surface area contributed by atoms with E-state index >= 15 is 0 Å². The highest BCUT2D eigenvalue weighted by Crippen LogP contribution is 2.32. The minimum atomic E-state index is -4.49. The maximum Gasteiger partial charge on any atom is 0.416 e. The zero-order chi connectivity index (χ0) is 20.6. The number of nitrogens with zero attached hydrogens (tertiary/aromatic N) is 4. The predicted molar refractivity (Wildman–Crippen MR) is 100 cm³/mol. The normalized spacial score (nSPS) is 18.0. The van der Waals surface area contributed by atoms with Crippen LogP contribution in [-0.2, 0) is 16.2 Å². The van der Waals surface area contributed by atoms with Crippen molar-refractivity contribution in [1.29, 1.82) is 0 Å². The largest absolute Gasteiger partial charge is 0.439 e. The first-order valence-electron chi connectivity index (χ1n) is 8.38. The quantitative estimate of drug-likeness (QED) is 0.758. The Morgan fingerprint density at radius 1 is 1.10 bits per heavy atom. The van der Waals surface area contributed by atoms with Crippen LogP contribution in [0.3, 0.4) is 0 Å². The molecule has 0 fully saturated rings. The number of rotatable bonds is 3. The number of ether oxygens (including phenoxy) is 1. The molecule has 4 rings (SSSR count). The van der Waals surface area contributed by atoms with E-state index in [2.05, 4.69) is 14.5 Å². The molecule has 0 spiro atoms. The number of hydrogen-bond donors (Lipinski definition) is 0. The minimum absolute atomic E-state index is 0.113. The number of allylic oxidation sites excluding steroid dienone is 1. The van der Waals surface area contributed by atoms with Gasteiger partial charge in [0, 0.05) is 24.1 Å². The molecule has 0 radical (unpaired) electrons. The lowest BCUT2D eigenvalue weighted by atomic mass is 10.0. The third kappa shape index (κ3) is 4.14. The summed E-state index contributed by atoms with van der Waals surface area (Å²) in [5, 5.41) is 5.61. The van der Waals surface area contributed by atoms with Gasteiger partial charge in [0.2, 0.25) is 5.88 Å².